The van der Waals surface area contributed by atoms with Crippen LogP contribution in [0, 0.1) is 0 Å². The maximum absolute atomic E-state index is 11.6. The lowest BCUT2D eigenvalue weighted by Crippen LogP contribution is -2.23. The van der Waals surface area contributed by atoms with Crippen molar-refractivity contribution >= 4 is 17.3 Å². The summed E-state index contributed by atoms with van der Waals surface area (Å²) in [5, 5.41) is 5.42. The smallest absolute Gasteiger partial charge is 0.307 e. The molecular formula is C16H19NO3S. The number of carbonyl (C=O) groups is 1. The van der Waals surface area contributed by atoms with Crippen LogP contribution in [-0.4, -0.2) is 20.2 Å². The first-order valence-electron chi connectivity index (χ1n) is 6.69. The maximum Gasteiger partial charge on any atom is 0.307 e. The van der Waals surface area contributed by atoms with Crippen molar-refractivity contribution < 1.29 is 14.3 Å². The monoisotopic (exact) mass is 305 g/mol. The van der Waals surface area contributed by atoms with Gasteiger partial charge in [-0.05, 0) is 29.1 Å². The van der Waals surface area contributed by atoms with Gasteiger partial charge in [0.15, 0.2) is 0 Å². The van der Waals surface area contributed by atoms with Crippen LogP contribution in [-0.2, 0) is 16.1 Å². The second-order valence-electron chi connectivity index (χ2n) is 4.58. The van der Waals surface area contributed by atoms with E-state index in [-0.39, 0.29) is 12.0 Å². The highest BCUT2D eigenvalue weighted by Crippen LogP contribution is 2.23. The molecule has 0 aliphatic carbocycles. The molecule has 1 aromatic heterocycles. The lowest BCUT2D eigenvalue weighted by molar-refractivity contribution is -0.141. The second kappa shape index (κ2) is 7.81. The molecule has 0 fully saturated rings. The molecular weight excluding hydrogens is 286 g/mol. The van der Waals surface area contributed by atoms with Gasteiger partial charge < -0.3 is 14.8 Å². The van der Waals surface area contributed by atoms with Crippen LogP contribution in [0.25, 0.3) is 0 Å². The molecule has 0 spiro atoms. The van der Waals surface area contributed by atoms with Gasteiger partial charge in [-0.1, -0.05) is 18.2 Å². The predicted octanol–water partition coefficient (Wildman–Crippen LogP) is 3.15. The fraction of sp³-hybridized carbons (Fsp3) is 0.312. The van der Waals surface area contributed by atoms with Gasteiger partial charge in [-0.3, -0.25) is 4.79 Å². The summed E-state index contributed by atoms with van der Waals surface area (Å²) in [6.45, 7) is 0.663. The van der Waals surface area contributed by atoms with Crippen molar-refractivity contribution in [2.24, 2.45) is 0 Å². The Balaban J connectivity index is 2.03. The Hall–Kier alpha value is -1.85. The number of thiophene rings is 1. The van der Waals surface area contributed by atoms with Crippen molar-refractivity contribution in [1.82, 2.24) is 5.32 Å². The standard InChI is InChI=1S/C16H19NO3S/c1-19-13-6-3-5-12(9-13)11-17-14(10-16(18)20-2)15-7-4-8-21-15/h3-9,14,17H,10-11H2,1-2H3. The predicted molar refractivity (Wildman–Crippen MR) is 83.5 cm³/mol. The van der Waals surface area contributed by atoms with Crippen molar-refractivity contribution in [2.45, 2.75) is 19.0 Å². The Kier molecular flexibility index (Phi) is 5.78. The fourth-order valence-electron chi connectivity index (χ4n) is 2.04. The number of hydrogen-bond acceptors (Lipinski definition) is 5. The van der Waals surface area contributed by atoms with Crippen molar-refractivity contribution in [3.63, 3.8) is 0 Å². The van der Waals surface area contributed by atoms with Crippen LogP contribution in [0.2, 0.25) is 0 Å². The van der Waals surface area contributed by atoms with Gasteiger partial charge in [0, 0.05) is 11.4 Å². The highest BCUT2D eigenvalue weighted by Gasteiger charge is 2.17. The van der Waals surface area contributed by atoms with Crippen LogP contribution in [0.15, 0.2) is 41.8 Å². The second-order valence-corrected chi connectivity index (χ2v) is 5.56. The van der Waals surface area contributed by atoms with E-state index in [1.165, 1.54) is 7.11 Å². The lowest BCUT2D eigenvalue weighted by atomic mass is 10.1. The van der Waals surface area contributed by atoms with Crippen LogP contribution >= 0.6 is 11.3 Å². The van der Waals surface area contributed by atoms with E-state index >= 15 is 0 Å². The molecule has 1 atom stereocenters. The summed E-state index contributed by atoms with van der Waals surface area (Å²) < 4.78 is 9.99. The number of methoxy groups -OCH3 is 2. The zero-order valence-electron chi connectivity index (χ0n) is 12.2. The topological polar surface area (TPSA) is 47.6 Å². The summed E-state index contributed by atoms with van der Waals surface area (Å²) >= 11 is 1.63. The molecule has 21 heavy (non-hydrogen) atoms. The van der Waals surface area contributed by atoms with Gasteiger partial charge in [0.25, 0.3) is 0 Å². The largest absolute Gasteiger partial charge is 0.497 e. The molecule has 0 amide bonds. The van der Waals surface area contributed by atoms with Crippen LogP contribution in [0.3, 0.4) is 0 Å². The van der Waals surface area contributed by atoms with Gasteiger partial charge in [-0.2, -0.15) is 0 Å². The summed E-state index contributed by atoms with van der Waals surface area (Å²) in [4.78, 5) is 12.7. The van der Waals surface area contributed by atoms with Crippen LogP contribution in [0.5, 0.6) is 5.75 Å². The lowest BCUT2D eigenvalue weighted by Gasteiger charge is -2.16. The van der Waals surface area contributed by atoms with E-state index < -0.39 is 0 Å². The van der Waals surface area contributed by atoms with Gasteiger partial charge in [0.1, 0.15) is 5.75 Å². The van der Waals surface area contributed by atoms with Gasteiger partial charge in [-0.25, -0.2) is 0 Å². The molecule has 2 aromatic rings. The van der Waals surface area contributed by atoms with Crippen LogP contribution in [0.4, 0.5) is 0 Å². The summed E-state index contributed by atoms with van der Waals surface area (Å²) in [5.74, 6) is 0.612. The number of nitrogens with one attached hydrogen (secondary N) is 1. The first-order chi connectivity index (χ1) is 10.2. The average Bonchev–Trinajstić information content (AvgIpc) is 3.05. The molecule has 1 N–H and O–H groups in total. The number of carbonyl (C=O) groups excluding carboxylic acids is 1. The Morgan fingerprint density at radius 2 is 2.14 bits per heavy atom. The van der Waals surface area contributed by atoms with Crippen molar-refractivity contribution in [3.05, 3.63) is 52.2 Å². The minimum Gasteiger partial charge on any atom is -0.497 e. The van der Waals surface area contributed by atoms with Gasteiger partial charge in [0.2, 0.25) is 0 Å². The molecule has 2 rings (SSSR count). The summed E-state index contributed by atoms with van der Waals surface area (Å²) in [6.07, 6.45) is 0.320. The minimum absolute atomic E-state index is 0.0383. The number of rotatable bonds is 7. The summed E-state index contributed by atoms with van der Waals surface area (Å²) in [7, 11) is 3.06. The molecule has 4 nitrogen and oxygen atoms in total. The third-order valence-corrected chi connectivity index (χ3v) is 4.16. The molecule has 5 heteroatoms. The van der Waals surface area contributed by atoms with Gasteiger partial charge in [0.05, 0.1) is 26.7 Å². The van der Waals surface area contributed by atoms with E-state index in [1.807, 2.05) is 41.8 Å². The summed E-state index contributed by atoms with van der Waals surface area (Å²) in [5.41, 5.74) is 1.11. The molecule has 0 aliphatic rings. The normalized spacial score (nSPS) is 11.9. The van der Waals surface area contributed by atoms with Crippen molar-refractivity contribution in [3.8, 4) is 5.75 Å². The van der Waals surface area contributed by atoms with Gasteiger partial charge in [-0.15, -0.1) is 11.3 Å². The molecule has 0 aliphatic heterocycles. The SMILES string of the molecule is COC(=O)CC(NCc1cccc(OC)c1)c1cccs1. The van der Waals surface area contributed by atoms with Gasteiger partial charge >= 0.3 is 5.97 Å². The average molecular weight is 305 g/mol. The molecule has 1 unspecified atom stereocenters. The number of ether oxygens (including phenoxy) is 2. The highest BCUT2D eigenvalue weighted by molar-refractivity contribution is 7.10. The third-order valence-electron chi connectivity index (χ3n) is 3.17. The Bertz CT molecular complexity index is 569. The first kappa shape index (κ1) is 15.5. The molecule has 0 bridgehead atoms. The molecule has 0 saturated heterocycles. The van der Waals surface area contributed by atoms with E-state index in [4.69, 9.17) is 9.47 Å². The van der Waals surface area contributed by atoms with E-state index in [0.717, 1.165) is 16.2 Å². The molecule has 0 saturated carbocycles. The van der Waals surface area contributed by atoms with Crippen molar-refractivity contribution in [2.75, 3.05) is 14.2 Å². The molecule has 112 valence electrons. The third kappa shape index (κ3) is 4.58. The molecule has 1 heterocycles. The van der Waals surface area contributed by atoms with E-state index in [0.29, 0.717) is 13.0 Å². The number of hydrogen-bond donors (Lipinski definition) is 1. The molecule has 1 aromatic carbocycles. The Morgan fingerprint density at radius 1 is 1.29 bits per heavy atom. The van der Waals surface area contributed by atoms with Crippen molar-refractivity contribution in [1.29, 1.82) is 0 Å². The number of benzene rings is 1. The van der Waals surface area contributed by atoms with E-state index in [1.54, 1.807) is 18.4 Å². The quantitative estimate of drug-likeness (QED) is 0.798. The van der Waals surface area contributed by atoms with Crippen LogP contribution < -0.4 is 10.1 Å². The Morgan fingerprint density at radius 3 is 2.81 bits per heavy atom. The fourth-order valence-corrected chi connectivity index (χ4v) is 2.84. The first-order valence-corrected chi connectivity index (χ1v) is 7.57. The Labute approximate surface area is 128 Å². The minimum atomic E-state index is -0.216. The molecule has 0 radical (unpaired) electrons. The van der Waals surface area contributed by atoms with E-state index in [2.05, 4.69) is 5.32 Å². The van der Waals surface area contributed by atoms with E-state index in [9.17, 15) is 4.79 Å². The maximum atomic E-state index is 11.6. The zero-order valence-corrected chi connectivity index (χ0v) is 13.0. The highest BCUT2D eigenvalue weighted by atomic mass is 32.1. The number of esters is 1. The van der Waals surface area contributed by atoms with Crippen LogP contribution in [0.1, 0.15) is 22.9 Å². The summed E-state index contributed by atoms with van der Waals surface area (Å²) in [6, 6.07) is 11.8. The zero-order chi connectivity index (χ0) is 15.1.